The summed E-state index contributed by atoms with van der Waals surface area (Å²) in [4.78, 5) is 29.6. The number of hydrogen-bond donors (Lipinski definition) is 1. The maximum atomic E-state index is 13.0. The highest BCUT2D eigenvalue weighted by atomic mass is 35.5. The maximum Gasteiger partial charge on any atom is 0.417 e. The lowest BCUT2D eigenvalue weighted by Crippen LogP contribution is -2.19. The van der Waals surface area contributed by atoms with E-state index in [-0.39, 0.29) is 30.4 Å². The molecule has 0 aliphatic rings. The summed E-state index contributed by atoms with van der Waals surface area (Å²) < 4.78 is 54.3. The summed E-state index contributed by atoms with van der Waals surface area (Å²) in [6.07, 6.45) is -3.06. The van der Waals surface area contributed by atoms with E-state index in [4.69, 9.17) is 21.1 Å². The van der Waals surface area contributed by atoms with Crippen LogP contribution in [0.15, 0.2) is 53.5 Å². The average molecular weight is 483 g/mol. The molecule has 3 aromatic rings. The molecule has 174 valence electrons. The van der Waals surface area contributed by atoms with Gasteiger partial charge in [-0.1, -0.05) is 23.7 Å². The van der Waals surface area contributed by atoms with Gasteiger partial charge in [-0.2, -0.15) is 13.2 Å². The third-order valence-corrected chi connectivity index (χ3v) is 4.77. The van der Waals surface area contributed by atoms with Crippen LogP contribution in [0, 0.1) is 0 Å². The van der Waals surface area contributed by atoms with Gasteiger partial charge in [-0.15, -0.1) is 0 Å². The zero-order valence-corrected chi connectivity index (χ0v) is 18.0. The van der Waals surface area contributed by atoms with Gasteiger partial charge in [-0.3, -0.25) is 14.6 Å². The van der Waals surface area contributed by atoms with Crippen LogP contribution in [-0.2, 0) is 28.5 Å². The van der Waals surface area contributed by atoms with Crippen molar-refractivity contribution in [3.05, 3.63) is 80.7 Å². The normalized spacial score (nSPS) is 11.2. The van der Waals surface area contributed by atoms with Gasteiger partial charge in [0.05, 0.1) is 30.7 Å². The standard InChI is InChI=1S/C22H18ClF3N2O5/c1-31-19(29)10-14-12-27-21(28-20(14)30)32-9-8-13-2-4-15(5-3-13)33-16-6-7-18(23)17(11-16)22(24,25)26/h2-7,11-12H,8-10H2,1H3,(H,27,28,30). The van der Waals surface area contributed by atoms with Gasteiger partial charge in [-0.05, 0) is 35.9 Å². The second-order valence-electron chi connectivity index (χ2n) is 6.78. The largest absolute Gasteiger partial charge is 0.469 e. The molecule has 0 bridgehead atoms. The number of esters is 1. The Hall–Kier alpha value is -3.53. The lowest BCUT2D eigenvalue weighted by Gasteiger charge is -2.12. The van der Waals surface area contributed by atoms with Crippen LogP contribution in [0.1, 0.15) is 16.7 Å². The number of rotatable bonds is 8. The van der Waals surface area contributed by atoms with Crippen LogP contribution >= 0.6 is 11.6 Å². The molecule has 0 aliphatic heterocycles. The number of benzene rings is 2. The summed E-state index contributed by atoms with van der Waals surface area (Å²) in [5, 5.41) is -0.404. The first-order valence-corrected chi connectivity index (χ1v) is 9.95. The third kappa shape index (κ3) is 6.72. The molecule has 0 saturated carbocycles. The Balaban J connectivity index is 1.55. The van der Waals surface area contributed by atoms with E-state index in [1.807, 2.05) is 0 Å². The number of hydrogen-bond acceptors (Lipinski definition) is 6. The Morgan fingerprint density at radius 1 is 1.12 bits per heavy atom. The minimum absolute atomic E-state index is 0.00785. The Labute approximate surface area is 191 Å². The van der Waals surface area contributed by atoms with Crippen LogP contribution in [0.2, 0.25) is 5.02 Å². The quantitative estimate of drug-likeness (QED) is 0.473. The van der Waals surface area contributed by atoms with E-state index in [1.54, 1.807) is 24.3 Å². The van der Waals surface area contributed by atoms with Crippen molar-refractivity contribution in [2.75, 3.05) is 13.7 Å². The van der Waals surface area contributed by atoms with Crippen molar-refractivity contribution in [3.63, 3.8) is 0 Å². The molecule has 7 nitrogen and oxygen atoms in total. The van der Waals surface area contributed by atoms with Gasteiger partial charge in [-0.25, -0.2) is 4.98 Å². The molecule has 0 unspecified atom stereocenters. The zero-order chi connectivity index (χ0) is 24.0. The molecule has 33 heavy (non-hydrogen) atoms. The van der Waals surface area contributed by atoms with E-state index >= 15 is 0 Å². The Kier molecular flexibility index (Phi) is 7.59. The zero-order valence-electron chi connectivity index (χ0n) is 17.2. The van der Waals surface area contributed by atoms with Crippen molar-refractivity contribution >= 4 is 17.6 Å². The molecule has 1 heterocycles. The average Bonchev–Trinajstić information content (AvgIpc) is 2.77. The molecular weight excluding hydrogens is 465 g/mol. The number of H-pyrrole nitrogens is 1. The highest BCUT2D eigenvalue weighted by Gasteiger charge is 2.33. The number of aromatic amines is 1. The van der Waals surface area contributed by atoms with Crippen LogP contribution in [0.3, 0.4) is 0 Å². The van der Waals surface area contributed by atoms with Crippen LogP contribution in [-0.4, -0.2) is 29.7 Å². The van der Waals surface area contributed by atoms with Gasteiger partial charge in [0.2, 0.25) is 0 Å². The van der Waals surface area contributed by atoms with Crippen molar-refractivity contribution in [3.8, 4) is 17.5 Å². The van der Waals surface area contributed by atoms with E-state index in [1.165, 1.54) is 19.4 Å². The SMILES string of the molecule is COC(=O)Cc1cnc(OCCc2ccc(Oc3ccc(Cl)c(C(F)(F)F)c3)cc2)[nH]c1=O. The summed E-state index contributed by atoms with van der Waals surface area (Å²) in [7, 11) is 1.22. The number of ether oxygens (including phenoxy) is 3. The fourth-order valence-corrected chi connectivity index (χ4v) is 2.97. The molecule has 0 aliphatic carbocycles. The topological polar surface area (TPSA) is 90.5 Å². The second-order valence-corrected chi connectivity index (χ2v) is 7.19. The van der Waals surface area contributed by atoms with Gasteiger partial charge in [0.25, 0.3) is 11.6 Å². The molecule has 2 aromatic carbocycles. The summed E-state index contributed by atoms with van der Waals surface area (Å²) in [6, 6.07) is 10.0. The van der Waals surface area contributed by atoms with Crippen molar-refractivity contribution in [2.45, 2.75) is 19.0 Å². The lowest BCUT2D eigenvalue weighted by molar-refractivity contribution is -0.140. The highest BCUT2D eigenvalue weighted by Crippen LogP contribution is 2.37. The number of alkyl halides is 3. The van der Waals surface area contributed by atoms with Crippen LogP contribution < -0.4 is 15.0 Å². The van der Waals surface area contributed by atoms with Crippen LogP contribution in [0.25, 0.3) is 0 Å². The molecule has 1 N–H and O–H groups in total. The Bertz CT molecular complexity index is 1180. The molecule has 11 heteroatoms. The number of aromatic nitrogens is 2. The molecular formula is C22H18ClF3N2O5. The first kappa shape index (κ1) is 24.1. The molecule has 0 spiro atoms. The van der Waals surface area contributed by atoms with Crippen molar-refractivity contribution in [2.24, 2.45) is 0 Å². The van der Waals surface area contributed by atoms with Gasteiger partial charge in [0, 0.05) is 18.2 Å². The predicted octanol–water partition coefficient (Wildman–Crippen LogP) is 4.57. The lowest BCUT2D eigenvalue weighted by atomic mass is 10.1. The predicted molar refractivity (Wildman–Crippen MR) is 113 cm³/mol. The summed E-state index contributed by atoms with van der Waals surface area (Å²) in [5.74, 6) is -0.198. The molecule has 1 aromatic heterocycles. The number of carbonyl (C=O) groups excluding carboxylic acids is 1. The van der Waals surface area contributed by atoms with Gasteiger partial charge in [0.1, 0.15) is 11.5 Å². The monoisotopic (exact) mass is 482 g/mol. The fraction of sp³-hybridized carbons (Fsp3) is 0.227. The van der Waals surface area contributed by atoms with Gasteiger partial charge < -0.3 is 14.2 Å². The first-order chi connectivity index (χ1) is 15.7. The fourth-order valence-electron chi connectivity index (χ4n) is 2.74. The molecule has 0 radical (unpaired) electrons. The maximum absolute atomic E-state index is 13.0. The minimum Gasteiger partial charge on any atom is -0.469 e. The molecule has 0 amide bonds. The number of nitrogens with zero attached hydrogens (tertiary/aromatic N) is 1. The third-order valence-electron chi connectivity index (χ3n) is 4.44. The number of halogens is 4. The first-order valence-electron chi connectivity index (χ1n) is 9.57. The highest BCUT2D eigenvalue weighted by molar-refractivity contribution is 6.31. The van der Waals surface area contributed by atoms with Gasteiger partial charge >= 0.3 is 12.1 Å². The van der Waals surface area contributed by atoms with E-state index in [0.29, 0.717) is 12.2 Å². The second kappa shape index (κ2) is 10.4. The number of methoxy groups -OCH3 is 1. The number of carbonyl (C=O) groups is 1. The van der Waals surface area contributed by atoms with E-state index in [9.17, 15) is 22.8 Å². The minimum atomic E-state index is -4.58. The number of nitrogens with one attached hydrogen (secondary N) is 1. The summed E-state index contributed by atoms with van der Waals surface area (Å²) in [6.45, 7) is 0.200. The summed E-state index contributed by atoms with van der Waals surface area (Å²) >= 11 is 5.61. The van der Waals surface area contributed by atoms with E-state index in [0.717, 1.165) is 17.7 Å². The van der Waals surface area contributed by atoms with Crippen molar-refractivity contribution in [1.29, 1.82) is 0 Å². The van der Waals surface area contributed by atoms with Crippen LogP contribution in [0.5, 0.6) is 17.5 Å². The molecule has 0 saturated heterocycles. The smallest absolute Gasteiger partial charge is 0.417 e. The Morgan fingerprint density at radius 2 is 1.82 bits per heavy atom. The molecule has 3 rings (SSSR count). The molecule has 0 atom stereocenters. The van der Waals surface area contributed by atoms with Crippen LogP contribution in [0.4, 0.5) is 13.2 Å². The van der Waals surface area contributed by atoms with E-state index in [2.05, 4.69) is 14.7 Å². The van der Waals surface area contributed by atoms with Crippen molar-refractivity contribution in [1.82, 2.24) is 9.97 Å². The van der Waals surface area contributed by atoms with Crippen molar-refractivity contribution < 1.29 is 32.2 Å². The van der Waals surface area contributed by atoms with E-state index < -0.39 is 28.3 Å². The summed E-state index contributed by atoms with van der Waals surface area (Å²) in [5.41, 5.74) is -0.449. The molecule has 0 fully saturated rings. The van der Waals surface area contributed by atoms with Gasteiger partial charge in [0.15, 0.2) is 0 Å². The Morgan fingerprint density at radius 3 is 2.45 bits per heavy atom.